The zero-order valence-corrected chi connectivity index (χ0v) is 11.6. The summed E-state index contributed by atoms with van der Waals surface area (Å²) in [6.07, 6.45) is 1.45. The molecule has 0 fully saturated rings. The molecule has 0 aliphatic heterocycles. The fourth-order valence-corrected chi connectivity index (χ4v) is 2.33. The van der Waals surface area contributed by atoms with Crippen LogP contribution in [0.2, 0.25) is 0 Å². The van der Waals surface area contributed by atoms with Gasteiger partial charge in [-0.25, -0.2) is 9.97 Å². The first-order valence-corrected chi connectivity index (χ1v) is 6.22. The molecule has 0 saturated carbocycles. The lowest BCUT2D eigenvalue weighted by molar-refractivity contribution is 0.401. The van der Waals surface area contributed by atoms with E-state index in [9.17, 15) is 0 Å². The second-order valence-corrected chi connectivity index (χ2v) is 4.65. The molecule has 0 atom stereocenters. The van der Waals surface area contributed by atoms with Crippen LogP contribution in [0.25, 0.3) is 16.9 Å². The Labute approximate surface area is 116 Å². The third-order valence-corrected chi connectivity index (χ3v) is 3.22. The Morgan fingerprint density at radius 2 is 2.00 bits per heavy atom. The van der Waals surface area contributed by atoms with Crippen molar-refractivity contribution in [1.29, 1.82) is 0 Å². The average Bonchev–Trinajstić information content (AvgIpc) is 2.75. The lowest BCUT2D eigenvalue weighted by Crippen LogP contribution is -2.03. The Kier molecular flexibility index (Phi) is 2.78. The normalized spacial score (nSPS) is 10.9. The van der Waals surface area contributed by atoms with Crippen LogP contribution in [0.3, 0.4) is 0 Å². The monoisotopic (exact) mass is 269 g/mol. The third kappa shape index (κ3) is 1.77. The fourth-order valence-electron chi connectivity index (χ4n) is 2.33. The fraction of sp³-hybridized carbons (Fsp3) is 0.214. The predicted molar refractivity (Wildman–Crippen MR) is 77.1 cm³/mol. The zero-order valence-electron chi connectivity index (χ0n) is 11.6. The number of ether oxygens (including phenoxy) is 1. The molecule has 0 bridgehead atoms. The van der Waals surface area contributed by atoms with Crippen molar-refractivity contribution in [1.82, 2.24) is 19.5 Å². The Balaban J connectivity index is 2.34. The molecule has 1 aromatic carbocycles. The number of hydrogen-bond acceptors (Lipinski definition) is 5. The number of aromatic nitrogens is 4. The Hall–Kier alpha value is -2.63. The van der Waals surface area contributed by atoms with E-state index < -0.39 is 0 Å². The zero-order chi connectivity index (χ0) is 14.3. The van der Waals surface area contributed by atoms with Crippen molar-refractivity contribution in [2.75, 3.05) is 12.8 Å². The van der Waals surface area contributed by atoms with Crippen LogP contribution in [-0.4, -0.2) is 26.6 Å². The number of hydrogen-bond donors (Lipinski definition) is 1. The van der Waals surface area contributed by atoms with Gasteiger partial charge in [0.15, 0.2) is 11.2 Å². The summed E-state index contributed by atoms with van der Waals surface area (Å²) in [6, 6.07) is 6.14. The molecule has 2 N–H and O–H groups in total. The highest BCUT2D eigenvalue weighted by molar-refractivity contribution is 5.81. The molecule has 102 valence electrons. The summed E-state index contributed by atoms with van der Waals surface area (Å²) >= 11 is 0. The SMILES string of the molecule is COc1ncnc2c1nc(N)n2-c1ccc(C)cc1C. The Bertz CT molecular complexity index is 794. The first-order chi connectivity index (χ1) is 9.61. The van der Waals surface area contributed by atoms with Gasteiger partial charge in [-0.3, -0.25) is 4.57 Å². The van der Waals surface area contributed by atoms with E-state index in [-0.39, 0.29) is 0 Å². The standard InChI is InChI=1S/C14H15N5O/c1-8-4-5-10(9(2)6-8)19-12-11(18-14(19)15)13(20-3)17-7-16-12/h4-7H,1-3H3,(H2,15,18). The van der Waals surface area contributed by atoms with Crippen LogP contribution in [0.1, 0.15) is 11.1 Å². The van der Waals surface area contributed by atoms with Gasteiger partial charge in [0, 0.05) is 0 Å². The molecule has 0 aliphatic carbocycles. The van der Waals surface area contributed by atoms with Crippen molar-refractivity contribution in [2.24, 2.45) is 0 Å². The Morgan fingerprint density at radius 3 is 2.70 bits per heavy atom. The van der Waals surface area contributed by atoms with Gasteiger partial charge in [-0.05, 0) is 25.5 Å². The largest absolute Gasteiger partial charge is 0.479 e. The predicted octanol–water partition coefficient (Wildman–Crippen LogP) is 2.02. The highest BCUT2D eigenvalue weighted by Crippen LogP contribution is 2.27. The maximum Gasteiger partial charge on any atom is 0.245 e. The van der Waals surface area contributed by atoms with Crippen molar-refractivity contribution in [2.45, 2.75) is 13.8 Å². The van der Waals surface area contributed by atoms with Gasteiger partial charge in [0.2, 0.25) is 11.8 Å². The van der Waals surface area contributed by atoms with E-state index in [1.54, 1.807) is 7.11 Å². The number of imidazole rings is 1. The molecule has 0 spiro atoms. The Morgan fingerprint density at radius 1 is 1.20 bits per heavy atom. The van der Waals surface area contributed by atoms with Crippen LogP contribution in [0.4, 0.5) is 5.95 Å². The molecule has 3 aromatic rings. The van der Waals surface area contributed by atoms with Gasteiger partial charge in [0.25, 0.3) is 0 Å². The summed E-state index contributed by atoms with van der Waals surface area (Å²) in [7, 11) is 1.55. The molecular formula is C14H15N5O. The maximum absolute atomic E-state index is 6.04. The molecule has 2 aromatic heterocycles. The van der Waals surface area contributed by atoms with Crippen LogP contribution in [0, 0.1) is 13.8 Å². The van der Waals surface area contributed by atoms with Gasteiger partial charge >= 0.3 is 0 Å². The first-order valence-electron chi connectivity index (χ1n) is 6.22. The molecular weight excluding hydrogens is 254 g/mol. The summed E-state index contributed by atoms with van der Waals surface area (Å²) in [5.41, 5.74) is 10.5. The van der Waals surface area contributed by atoms with E-state index in [1.807, 2.05) is 23.6 Å². The molecule has 2 heterocycles. The minimum Gasteiger partial charge on any atom is -0.479 e. The van der Waals surface area contributed by atoms with Crippen molar-refractivity contribution >= 4 is 17.1 Å². The van der Waals surface area contributed by atoms with E-state index in [0.717, 1.165) is 11.3 Å². The van der Waals surface area contributed by atoms with E-state index in [4.69, 9.17) is 10.5 Å². The molecule has 0 aliphatic rings. The van der Waals surface area contributed by atoms with E-state index in [0.29, 0.717) is 23.0 Å². The number of nitrogens with two attached hydrogens (primary N) is 1. The summed E-state index contributed by atoms with van der Waals surface area (Å²) in [6.45, 7) is 4.09. The van der Waals surface area contributed by atoms with Crippen LogP contribution < -0.4 is 10.5 Å². The van der Waals surface area contributed by atoms with E-state index >= 15 is 0 Å². The molecule has 0 unspecified atom stereocenters. The summed E-state index contributed by atoms with van der Waals surface area (Å²) in [4.78, 5) is 12.6. The third-order valence-electron chi connectivity index (χ3n) is 3.22. The minimum atomic E-state index is 0.366. The number of methoxy groups -OCH3 is 1. The molecule has 0 amide bonds. The summed E-state index contributed by atoms with van der Waals surface area (Å²) in [5, 5.41) is 0. The second kappa shape index (κ2) is 4.48. The lowest BCUT2D eigenvalue weighted by Gasteiger charge is -2.10. The highest BCUT2D eigenvalue weighted by atomic mass is 16.5. The number of anilines is 1. The number of benzene rings is 1. The van der Waals surface area contributed by atoms with Crippen molar-refractivity contribution < 1.29 is 4.74 Å². The van der Waals surface area contributed by atoms with Crippen molar-refractivity contribution in [3.05, 3.63) is 35.7 Å². The number of nitrogens with zero attached hydrogens (tertiary/aromatic N) is 4. The molecule has 0 saturated heterocycles. The number of fused-ring (bicyclic) bond motifs is 1. The molecule has 20 heavy (non-hydrogen) atoms. The van der Waals surface area contributed by atoms with Gasteiger partial charge in [-0.1, -0.05) is 17.7 Å². The quantitative estimate of drug-likeness (QED) is 0.770. The summed E-state index contributed by atoms with van der Waals surface area (Å²) in [5.74, 6) is 0.788. The first kappa shape index (κ1) is 12.4. The van der Waals surface area contributed by atoms with Gasteiger partial charge in [-0.2, -0.15) is 4.98 Å². The number of aryl methyl sites for hydroxylation is 2. The van der Waals surface area contributed by atoms with Crippen molar-refractivity contribution in [3.63, 3.8) is 0 Å². The second-order valence-electron chi connectivity index (χ2n) is 4.65. The van der Waals surface area contributed by atoms with Crippen LogP contribution in [0.5, 0.6) is 5.88 Å². The smallest absolute Gasteiger partial charge is 0.245 e. The maximum atomic E-state index is 6.04. The number of rotatable bonds is 2. The number of nitrogen functional groups attached to an aromatic ring is 1. The van der Waals surface area contributed by atoms with Gasteiger partial charge in [-0.15, -0.1) is 0 Å². The lowest BCUT2D eigenvalue weighted by atomic mass is 10.1. The van der Waals surface area contributed by atoms with Crippen LogP contribution in [0.15, 0.2) is 24.5 Å². The molecule has 3 rings (SSSR count). The summed E-state index contributed by atoms with van der Waals surface area (Å²) < 4.78 is 7.01. The van der Waals surface area contributed by atoms with Crippen LogP contribution >= 0.6 is 0 Å². The highest BCUT2D eigenvalue weighted by Gasteiger charge is 2.16. The topological polar surface area (TPSA) is 78.8 Å². The van der Waals surface area contributed by atoms with E-state index in [2.05, 4.69) is 27.9 Å². The average molecular weight is 269 g/mol. The minimum absolute atomic E-state index is 0.366. The van der Waals surface area contributed by atoms with E-state index in [1.165, 1.54) is 11.9 Å². The molecule has 0 radical (unpaired) electrons. The molecule has 6 nitrogen and oxygen atoms in total. The van der Waals surface area contributed by atoms with Crippen LogP contribution in [-0.2, 0) is 0 Å². The van der Waals surface area contributed by atoms with Gasteiger partial charge in [0.05, 0.1) is 12.8 Å². The molecule has 6 heteroatoms. The van der Waals surface area contributed by atoms with Gasteiger partial charge in [0.1, 0.15) is 6.33 Å². The van der Waals surface area contributed by atoms with Crippen molar-refractivity contribution in [3.8, 4) is 11.6 Å². The van der Waals surface area contributed by atoms with Gasteiger partial charge < -0.3 is 10.5 Å².